The Labute approximate surface area is 217 Å². The number of imide groups is 1. The molecule has 6 nitrogen and oxygen atoms in total. The number of ether oxygens (including phenoxy) is 2. The molecule has 0 aliphatic rings. The molecule has 0 spiro atoms. The molecule has 2 amide bonds. The Morgan fingerprint density at radius 1 is 0.964 bits per heavy atom. The number of halogens is 4. The van der Waals surface area contributed by atoms with Crippen LogP contribution in [0.3, 0.4) is 0 Å². The van der Waals surface area contributed by atoms with Crippen LogP contribution in [0.1, 0.15) is 24.2 Å². The van der Waals surface area contributed by atoms with Gasteiger partial charge >= 0.3 is 6.09 Å². The van der Waals surface area contributed by atoms with Gasteiger partial charge in [0.05, 0.1) is 20.4 Å². The average molecular weight is 833 g/mol. The third-order valence-corrected chi connectivity index (χ3v) is 6.62. The van der Waals surface area contributed by atoms with Gasteiger partial charge in [-0.15, -0.1) is 0 Å². The third kappa shape index (κ3) is 5.96. The van der Waals surface area contributed by atoms with Crippen molar-refractivity contribution in [3.63, 3.8) is 0 Å². The molecule has 10 heteroatoms. The molecule has 0 unspecified atom stereocenters. The summed E-state index contributed by atoms with van der Waals surface area (Å²) in [5.74, 6) is 0.943. The van der Waals surface area contributed by atoms with Gasteiger partial charge in [0.15, 0.2) is 5.75 Å². The van der Waals surface area contributed by atoms with Gasteiger partial charge in [0.25, 0.3) is 5.91 Å². The highest BCUT2D eigenvalue weighted by Crippen LogP contribution is 2.37. The maximum atomic E-state index is 12.6. The van der Waals surface area contributed by atoms with Crippen molar-refractivity contribution in [2.24, 2.45) is 0 Å². The molecule has 2 aromatic carbocycles. The minimum absolute atomic E-state index is 0.218. The summed E-state index contributed by atoms with van der Waals surface area (Å²) in [5, 5.41) is 9.90. The van der Waals surface area contributed by atoms with Gasteiger partial charge in [0.1, 0.15) is 11.5 Å². The number of phenols is 1. The predicted octanol–water partition coefficient (Wildman–Crippen LogP) is 6.22. The molecule has 0 atom stereocenters. The number of hydrogen-bond acceptors (Lipinski definition) is 5. The summed E-state index contributed by atoms with van der Waals surface area (Å²) in [7, 11) is 1.39. The van der Waals surface area contributed by atoms with E-state index < -0.39 is 12.0 Å². The molecular formula is C18H15I4NO5. The fourth-order valence-corrected chi connectivity index (χ4v) is 5.76. The number of phenolic OH excluding ortho intramolecular Hbond substituents is 1. The number of aromatic hydroxyl groups is 1. The predicted molar refractivity (Wildman–Crippen MR) is 139 cm³/mol. The Balaban J connectivity index is 2.30. The SMILES string of the molecule is CC(C)OC(=O)N(C)C(=O)c1cc(I)c(Oc2cc(I)c(O)c(I)c2)c(I)c1. The molecule has 0 fully saturated rings. The molecule has 0 radical (unpaired) electrons. The van der Waals surface area contributed by atoms with Gasteiger partial charge in [0, 0.05) is 12.6 Å². The fraction of sp³-hybridized carbons (Fsp3) is 0.222. The summed E-state index contributed by atoms with van der Waals surface area (Å²) in [4.78, 5) is 25.5. The van der Waals surface area contributed by atoms with E-state index in [1.807, 2.05) is 45.2 Å². The van der Waals surface area contributed by atoms with Gasteiger partial charge in [-0.3, -0.25) is 4.79 Å². The van der Waals surface area contributed by atoms with Gasteiger partial charge in [0.2, 0.25) is 0 Å². The van der Waals surface area contributed by atoms with Crippen LogP contribution >= 0.6 is 90.4 Å². The third-order valence-electron chi connectivity index (χ3n) is 3.37. The van der Waals surface area contributed by atoms with Crippen molar-refractivity contribution in [3.05, 3.63) is 44.1 Å². The van der Waals surface area contributed by atoms with Crippen LogP contribution in [0.5, 0.6) is 17.2 Å². The van der Waals surface area contributed by atoms with Gasteiger partial charge in [-0.05, 0) is 128 Å². The number of nitrogens with zero attached hydrogens (tertiary/aromatic N) is 1. The number of amides is 2. The molecule has 0 aromatic heterocycles. The lowest BCUT2D eigenvalue weighted by molar-refractivity contribution is 0.0627. The fourth-order valence-electron chi connectivity index (χ4n) is 2.06. The molecule has 2 rings (SSSR count). The largest absolute Gasteiger partial charge is 0.506 e. The van der Waals surface area contributed by atoms with E-state index in [4.69, 9.17) is 9.47 Å². The van der Waals surface area contributed by atoms with E-state index in [1.54, 1.807) is 38.1 Å². The molecule has 28 heavy (non-hydrogen) atoms. The van der Waals surface area contributed by atoms with Crippen molar-refractivity contribution in [3.8, 4) is 17.2 Å². The zero-order valence-electron chi connectivity index (χ0n) is 14.9. The Morgan fingerprint density at radius 2 is 1.46 bits per heavy atom. The van der Waals surface area contributed by atoms with Gasteiger partial charge < -0.3 is 14.6 Å². The normalized spacial score (nSPS) is 10.7. The minimum atomic E-state index is -0.696. The smallest absolute Gasteiger partial charge is 0.416 e. The second-order valence-electron chi connectivity index (χ2n) is 5.90. The first-order valence-electron chi connectivity index (χ1n) is 7.84. The highest BCUT2D eigenvalue weighted by Gasteiger charge is 2.23. The molecule has 0 aliphatic carbocycles. The Hall–Kier alpha value is -0.1000. The summed E-state index contributed by atoms with van der Waals surface area (Å²) in [6.45, 7) is 3.44. The van der Waals surface area contributed by atoms with E-state index in [-0.39, 0.29) is 11.9 Å². The van der Waals surface area contributed by atoms with Crippen molar-refractivity contribution >= 4 is 102 Å². The summed E-state index contributed by atoms with van der Waals surface area (Å²) in [6.07, 6.45) is -1.01. The molecule has 0 aliphatic heterocycles. The quantitative estimate of drug-likeness (QED) is 0.371. The van der Waals surface area contributed by atoms with Gasteiger partial charge in [-0.2, -0.15) is 0 Å². The lowest BCUT2D eigenvalue weighted by Crippen LogP contribution is -2.35. The number of rotatable bonds is 4. The minimum Gasteiger partial charge on any atom is -0.506 e. The van der Waals surface area contributed by atoms with Gasteiger partial charge in [-0.25, -0.2) is 9.69 Å². The van der Waals surface area contributed by atoms with E-state index in [9.17, 15) is 14.7 Å². The number of hydrogen-bond donors (Lipinski definition) is 1. The number of benzene rings is 2. The maximum Gasteiger partial charge on any atom is 0.416 e. The van der Waals surface area contributed by atoms with Gasteiger partial charge in [-0.1, -0.05) is 0 Å². The van der Waals surface area contributed by atoms with Crippen molar-refractivity contribution in [2.75, 3.05) is 7.05 Å². The Kier molecular flexibility index (Phi) is 8.87. The topological polar surface area (TPSA) is 76.1 Å². The highest BCUT2D eigenvalue weighted by atomic mass is 127. The molecule has 0 heterocycles. The second kappa shape index (κ2) is 10.3. The van der Waals surface area contributed by atoms with Crippen LogP contribution in [0.15, 0.2) is 24.3 Å². The average Bonchev–Trinajstić information content (AvgIpc) is 2.60. The summed E-state index contributed by atoms with van der Waals surface area (Å²) in [6, 6.07) is 6.80. The zero-order chi connectivity index (χ0) is 21.2. The van der Waals surface area contributed by atoms with Crippen molar-refractivity contribution in [2.45, 2.75) is 20.0 Å². The molecule has 0 saturated heterocycles. The monoisotopic (exact) mass is 833 g/mol. The van der Waals surface area contributed by atoms with Crippen LogP contribution in [-0.4, -0.2) is 35.2 Å². The van der Waals surface area contributed by atoms with Crippen LogP contribution in [0.25, 0.3) is 0 Å². The van der Waals surface area contributed by atoms with Crippen LogP contribution in [-0.2, 0) is 4.74 Å². The summed E-state index contributed by atoms with van der Waals surface area (Å²) in [5.41, 5.74) is 0.360. The van der Waals surface area contributed by atoms with Crippen LogP contribution in [0, 0.1) is 14.3 Å². The molecule has 1 N–H and O–H groups in total. The van der Waals surface area contributed by atoms with Crippen molar-refractivity contribution in [1.82, 2.24) is 4.90 Å². The molecule has 0 saturated carbocycles. The summed E-state index contributed by atoms with van der Waals surface area (Å²) < 4.78 is 13.9. The lowest BCUT2D eigenvalue weighted by atomic mass is 10.2. The first kappa shape index (κ1) is 24.2. The molecule has 0 bridgehead atoms. The Morgan fingerprint density at radius 3 is 1.93 bits per heavy atom. The van der Waals surface area contributed by atoms with Crippen molar-refractivity contribution in [1.29, 1.82) is 0 Å². The maximum absolute atomic E-state index is 12.6. The van der Waals surface area contributed by atoms with E-state index in [0.717, 1.165) is 12.0 Å². The standard InChI is InChI=1S/C18H15I4NO5/c1-8(2)27-18(26)23(3)17(25)9-4-13(21)16(14(22)5-9)28-10-6-11(19)15(24)12(20)7-10/h4-8,24H,1-3H3. The van der Waals surface area contributed by atoms with E-state index in [1.165, 1.54) is 7.05 Å². The number of carbonyl (C=O) groups excluding carboxylic acids is 2. The first-order chi connectivity index (χ1) is 13.0. The second-order valence-corrected chi connectivity index (χ2v) is 10.6. The zero-order valence-corrected chi connectivity index (χ0v) is 23.6. The summed E-state index contributed by atoms with van der Waals surface area (Å²) >= 11 is 8.25. The van der Waals surface area contributed by atoms with Crippen LogP contribution < -0.4 is 4.74 Å². The number of carbonyl (C=O) groups is 2. The molecule has 2 aromatic rings. The Bertz CT molecular complexity index is 886. The van der Waals surface area contributed by atoms with Crippen LogP contribution in [0.4, 0.5) is 4.79 Å². The first-order valence-corrected chi connectivity index (χ1v) is 12.2. The van der Waals surface area contributed by atoms with E-state index in [2.05, 4.69) is 45.2 Å². The van der Waals surface area contributed by atoms with E-state index in [0.29, 0.717) is 24.2 Å². The lowest BCUT2D eigenvalue weighted by Gasteiger charge is -2.18. The van der Waals surface area contributed by atoms with E-state index >= 15 is 0 Å². The molecular weight excluding hydrogens is 818 g/mol. The highest BCUT2D eigenvalue weighted by molar-refractivity contribution is 14.1. The molecule has 150 valence electrons. The van der Waals surface area contributed by atoms with Crippen LogP contribution in [0.2, 0.25) is 0 Å². The van der Waals surface area contributed by atoms with Crippen molar-refractivity contribution < 1.29 is 24.2 Å².